The Balaban J connectivity index is 3.00. The monoisotopic (exact) mass is 222 g/mol. The largest absolute Gasteiger partial charge is 0.235 e. The Morgan fingerprint density at radius 3 is 2.50 bits per heavy atom. The molecule has 1 rings (SSSR count). The SMILES string of the molecule is CC1(CN=C=O)CCCC(N=C=O)C1(C)C. The summed E-state index contributed by atoms with van der Waals surface area (Å²) in [4.78, 5) is 28.2. The molecule has 2 unspecified atom stereocenters. The lowest BCUT2D eigenvalue weighted by Crippen LogP contribution is -2.48. The van der Waals surface area contributed by atoms with Crippen molar-refractivity contribution in [1.29, 1.82) is 0 Å². The van der Waals surface area contributed by atoms with Crippen LogP contribution in [0.2, 0.25) is 0 Å². The fourth-order valence-corrected chi connectivity index (χ4v) is 2.55. The van der Waals surface area contributed by atoms with E-state index in [0.717, 1.165) is 19.3 Å². The lowest BCUT2D eigenvalue weighted by atomic mass is 9.56. The summed E-state index contributed by atoms with van der Waals surface area (Å²) < 4.78 is 0. The first kappa shape index (κ1) is 12.8. The van der Waals surface area contributed by atoms with E-state index in [9.17, 15) is 9.59 Å². The summed E-state index contributed by atoms with van der Waals surface area (Å²) in [5, 5.41) is 0. The molecule has 0 bridgehead atoms. The van der Waals surface area contributed by atoms with Gasteiger partial charge in [-0.2, -0.15) is 0 Å². The summed E-state index contributed by atoms with van der Waals surface area (Å²) in [7, 11) is 0. The Kier molecular flexibility index (Phi) is 3.79. The van der Waals surface area contributed by atoms with Crippen LogP contribution in [0.3, 0.4) is 0 Å². The summed E-state index contributed by atoms with van der Waals surface area (Å²) >= 11 is 0. The molecule has 0 aromatic rings. The summed E-state index contributed by atoms with van der Waals surface area (Å²) in [5.74, 6) is 0. The van der Waals surface area contributed by atoms with Gasteiger partial charge in [0.15, 0.2) is 0 Å². The molecular formula is C12H18N2O2. The van der Waals surface area contributed by atoms with E-state index >= 15 is 0 Å². The molecule has 2 atom stereocenters. The van der Waals surface area contributed by atoms with Gasteiger partial charge in [0.25, 0.3) is 0 Å². The number of rotatable bonds is 3. The number of hydrogen-bond donors (Lipinski definition) is 0. The highest BCUT2D eigenvalue weighted by Crippen LogP contribution is 2.51. The Morgan fingerprint density at radius 2 is 1.94 bits per heavy atom. The average Bonchev–Trinajstić information content (AvgIpc) is 2.23. The van der Waals surface area contributed by atoms with E-state index in [1.54, 1.807) is 12.2 Å². The summed E-state index contributed by atoms with van der Waals surface area (Å²) in [6.45, 7) is 6.71. The van der Waals surface area contributed by atoms with E-state index in [1.165, 1.54) is 0 Å². The van der Waals surface area contributed by atoms with Crippen LogP contribution in [0.15, 0.2) is 9.98 Å². The van der Waals surface area contributed by atoms with Crippen molar-refractivity contribution in [3.63, 3.8) is 0 Å². The highest BCUT2D eigenvalue weighted by molar-refractivity contribution is 5.35. The maximum Gasteiger partial charge on any atom is 0.235 e. The van der Waals surface area contributed by atoms with Gasteiger partial charge in [0.2, 0.25) is 12.2 Å². The van der Waals surface area contributed by atoms with Gasteiger partial charge in [-0.25, -0.2) is 19.6 Å². The van der Waals surface area contributed by atoms with Gasteiger partial charge in [-0.15, -0.1) is 0 Å². The minimum absolute atomic E-state index is 0.0226. The Labute approximate surface area is 95.9 Å². The second-order valence-corrected chi connectivity index (χ2v) is 5.32. The molecule has 4 nitrogen and oxygen atoms in total. The summed E-state index contributed by atoms with van der Waals surface area (Å²) in [6.07, 6.45) is 6.15. The highest BCUT2D eigenvalue weighted by atomic mass is 16.1. The number of nitrogens with zero attached hydrogens (tertiary/aromatic N) is 2. The molecule has 0 aromatic carbocycles. The molecule has 0 aromatic heterocycles. The summed E-state index contributed by atoms with van der Waals surface area (Å²) in [5.41, 5.74) is -0.253. The number of hydrogen-bond acceptors (Lipinski definition) is 4. The van der Waals surface area contributed by atoms with Crippen LogP contribution in [0.25, 0.3) is 0 Å². The second kappa shape index (κ2) is 4.73. The Morgan fingerprint density at radius 1 is 1.25 bits per heavy atom. The van der Waals surface area contributed by atoms with Crippen molar-refractivity contribution < 1.29 is 9.59 Å². The third-order valence-electron chi connectivity index (χ3n) is 4.30. The van der Waals surface area contributed by atoms with Gasteiger partial charge in [-0.3, -0.25) is 0 Å². The van der Waals surface area contributed by atoms with Crippen LogP contribution >= 0.6 is 0 Å². The molecular weight excluding hydrogens is 204 g/mol. The molecule has 1 aliphatic rings. The molecule has 1 saturated carbocycles. The highest BCUT2D eigenvalue weighted by Gasteiger charge is 2.48. The van der Waals surface area contributed by atoms with Crippen LogP contribution in [0, 0.1) is 10.8 Å². The third kappa shape index (κ3) is 2.13. The van der Waals surface area contributed by atoms with Gasteiger partial charge in [0.1, 0.15) is 0 Å². The predicted molar refractivity (Wildman–Crippen MR) is 60.6 cm³/mol. The van der Waals surface area contributed by atoms with Crippen molar-refractivity contribution in [3.8, 4) is 0 Å². The fourth-order valence-electron chi connectivity index (χ4n) is 2.55. The van der Waals surface area contributed by atoms with Gasteiger partial charge < -0.3 is 0 Å². The Hall–Kier alpha value is -1.24. The minimum Gasteiger partial charge on any atom is -0.211 e. The molecule has 0 saturated heterocycles. The van der Waals surface area contributed by atoms with Crippen LogP contribution in [-0.4, -0.2) is 24.7 Å². The number of isocyanates is 2. The van der Waals surface area contributed by atoms with E-state index in [-0.39, 0.29) is 16.9 Å². The molecule has 1 fully saturated rings. The third-order valence-corrected chi connectivity index (χ3v) is 4.30. The van der Waals surface area contributed by atoms with Crippen LogP contribution in [0.5, 0.6) is 0 Å². The number of carbonyl (C=O) groups excluding carboxylic acids is 2. The zero-order chi connectivity index (χ0) is 12.2. The molecule has 88 valence electrons. The van der Waals surface area contributed by atoms with Gasteiger partial charge in [-0.05, 0) is 23.7 Å². The molecule has 16 heavy (non-hydrogen) atoms. The van der Waals surface area contributed by atoms with Crippen LogP contribution < -0.4 is 0 Å². The first-order chi connectivity index (χ1) is 7.48. The lowest BCUT2D eigenvalue weighted by Gasteiger charge is -2.50. The topological polar surface area (TPSA) is 58.9 Å². The molecule has 0 heterocycles. The molecule has 0 N–H and O–H groups in total. The van der Waals surface area contributed by atoms with Gasteiger partial charge in [0.05, 0.1) is 12.6 Å². The van der Waals surface area contributed by atoms with Crippen LogP contribution in [0.4, 0.5) is 0 Å². The van der Waals surface area contributed by atoms with Crippen molar-refractivity contribution >= 4 is 12.2 Å². The van der Waals surface area contributed by atoms with E-state index < -0.39 is 0 Å². The van der Waals surface area contributed by atoms with Crippen molar-refractivity contribution in [3.05, 3.63) is 0 Å². The summed E-state index contributed by atoms with van der Waals surface area (Å²) in [6, 6.07) is -0.0226. The van der Waals surface area contributed by atoms with Crippen LogP contribution in [-0.2, 0) is 9.59 Å². The zero-order valence-corrected chi connectivity index (χ0v) is 10.1. The first-order valence-corrected chi connectivity index (χ1v) is 5.58. The van der Waals surface area contributed by atoms with Gasteiger partial charge in [0, 0.05) is 0 Å². The maximum absolute atomic E-state index is 10.4. The molecule has 1 aliphatic carbocycles. The average molecular weight is 222 g/mol. The van der Waals surface area contributed by atoms with Crippen molar-refractivity contribution in [1.82, 2.24) is 0 Å². The van der Waals surface area contributed by atoms with E-state index in [0.29, 0.717) is 6.54 Å². The predicted octanol–water partition coefficient (Wildman–Crippen LogP) is 2.24. The molecule has 4 heteroatoms. The van der Waals surface area contributed by atoms with E-state index in [4.69, 9.17) is 0 Å². The maximum atomic E-state index is 10.4. The molecule has 0 amide bonds. The molecule has 0 spiro atoms. The van der Waals surface area contributed by atoms with Crippen molar-refractivity contribution in [2.24, 2.45) is 20.8 Å². The standard InChI is InChI=1S/C12H18N2O2/c1-11(2)10(14-9-16)5-4-6-12(11,3)7-13-8-15/h10H,4-7H2,1-3H3. The second-order valence-electron chi connectivity index (χ2n) is 5.32. The van der Waals surface area contributed by atoms with Crippen LogP contribution in [0.1, 0.15) is 40.0 Å². The van der Waals surface area contributed by atoms with Crippen molar-refractivity contribution in [2.75, 3.05) is 6.54 Å². The van der Waals surface area contributed by atoms with E-state index in [2.05, 4.69) is 30.8 Å². The van der Waals surface area contributed by atoms with Gasteiger partial charge in [-0.1, -0.05) is 27.2 Å². The quantitative estimate of drug-likeness (QED) is 0.543. The Bertz CT molecular complexity index is 349. The number of aliphatic imine (C=N–C) groups is 2. The molecule has 0 radical (unpaired) electrons. The normalized spacial score (nSPS) is 32.3. The smallest absolute Gasteiger partial charge is 0.211 e. The fraction of sp³-hybridized carbons (Fsp3) is 0.833. The van der Waals surface area contributed by atoms with Crippen molar-refractivity contribution in [2.45, 2.75) is 46.1 Å². The van der Waals surface area contributed by atoms with Gasteiger partial charge >= 0.3 is 0 Å². The van der Waals surface area contributed by atoms with E-state index in [1.807, 2.05) is 0 Å². The minimum atomic E-state index is -0.150. The molecule has 0 aliphatic heterocycles. The first-order valence-electron chi connectivity index (χ1n) is 5.58. The zero-order valence-electron chi connectivity index (χ0n) is 10.1. The lowest BCUT2D eigenvalue weighted by molar-refractivity contribution is 0.0228.